The van der Waals surface area contributed by atoms with E-state index >= 15 is 0 Å². The molecule has 0 aliphatic rings. The van der Waals surface area contributed by atoms with Gasteiger partial charge in [-0.15, -0.1) is 11.8 Å². The zero-order chi connectivity index (χ0) is 20.1. The van der Waals surface area contributed by atoms with E-state index in [2.05, 4.69) is 9.97 Å². The third-order valence-corrected chi connectivity index (χ3v) is 4.48. The third-order valence-electron chi connectivity index (χ3n) is 3.86. The Balaban J connectivity index is 2.05. The quantitative estimate of drug-likeness (QED) is 0.270. The second kappa shape index (κ2) is 8.71. The minimum atomic E-state index is -0.586. The average Bonchev–Trinajstić information content (AvgIpc) is 3.15. The molecule has 0 aliphatic heterocycles. The number of aromatic nitrogens is 2. The van der Waals surface area contributed by atoms with Gasteiger partial charge in [-0.3, -0.25) is 10.4 Å². The summed E-state index contributed by atoms with van der Waals surface area (Å²) < 4.78 is 25.5. The van der Waals surface area contributed by atoms with E-state index < -0.39 is 11.8 Å². The molecule has 3 aromatic rings. The molecule has 0 saturated heterocycles. The lowest BCUT2D eigenvalue weighted by Crippen LogP contribution is -2.00. The summed E-state index contributed by atoms with van der Waals surface area (Å²) in [6, 6.07) is 6.25. The molecule has 0 spiro atoms. The van der Waals surface area contributed by atoms with Crippen LogP contribution in [-0.4, -0.2) is 33.8 Å². The van der Waals surface area contributed by atoms with E-state index in [0.717, 1.165) is 0 Å². The van der Waals surface area contributed by atoms with Gasteiger partial charge in [0.2, 0.25) is 0 Å². The molecule has 6 nitrogen and oxygen atoms in total. The summed E-state index contributed by atoms with van der Waals surface area (Å²) in [5.74, 6) is -0.804. The number of H-pyrrole nitrogens is 1. The highest BCUT2D eigenvalue weighted by Crippen LogP contribution is 2.35. The predicted octanol–water partition coefficient (Wildman–Crippen LogP) is 4.76. The van der Waals surface area contributed by atoms with Crippen molar-refractivity contribution in [3.05, 3.63) is 59.8 Å². The van der Waals surface area contributed by atoms with Crippen molar-refractivity contribution in [1.82, 2.24) is 9.97 Å². The summed E-state index contributed by atoms with van der Waals surface area (Å²) in [6.45, 7) is 1.95. The fraction of sp³-hybridized carbons (Fsp3) is 0.150. The highest BCUT2D eigenvalue weighted by molar-refractivity contribution is 8.13. The van der Waals surface area contributed by atoms with Crippen LogP contribution in [0.25, 0.3) is 17.0 Å². The lowest BCUT2D eigenvalue weighted by atomic mass is 10.1. The van der Waals surface area contributed by atoms with Crippen molar-refractivity contribution in [2.75, 3.05) is 12.9 Å². The number of esters is 1. The molecule has 0 unspecified atom stereocenters. The molecule has 1 aromatic carbocycles. The zero-order valence-electron chi connectivity index (χ0n) is 15.3. The third kappa shape index (κ3) is 4.23. The molecule has 0 radical (unpaired) electrons. The van der Waals surface area contributed by atoms with Crippen molar-refractivity contribution in [3.63, 3.8) is 0 Å². The van der Waals surface area contributed by atoms with Crippen molar-refractivity contribution in [2.45, 2.75) is 6.92 Å². The largest absolute Gasteiger partial charge is 0.463 e. The van der Waals surface area contributed by atoms with E-state index in [1.54, 1.807) is 37.6 Å². The molecule has 2 aromatic heterocycles. The first-order valence-electron chi connectivity index (χ1n) is 8.44. The molecule has 2 N–H and O–H groups in total. The molecule has 28 heavy (non-hydrogen) atoms. The second-order valence-corrected chi connectivity index (χ2v) is 6.45. The van der Waals surface area contributed by atoms with Crippen LogP contribution in [0, 0.1) is 11.2 Å². The molecule has 0 amide bonds. The Morgan fingerprint density at radius 1 is 1.39 bits per heavy atom. The normalized spacial score (nSPS) is 11.1. The Bertz CT molecular complexity index is 1060. The lowest BCUT2D eigenvalue weighted by Gasteiger charge is -2.12. The number of pyridine rings is 1. The fourth-order valence-electron chi connectivity index (χ4n) is 2.61. The van der Waals surface area contributed by atoms with Crippen LogP contribution in [0.5, 0.6) is 11.5 Å². The highest BCUT2D eigenvalue weighted by Gasteiger charge is 2.16. The van der Waals surface area contributed by atoms with Crippen LogP contribution < -0.4 is 4.74 Å². The van der Waals surface area contributed by atoms with Gasteiger partial charge in [-0.1, -0.05) is 0 Å². The fourth-order valence-corrected chi connectivity index (χ4v) is 2.93. The van der Waals surface area contributed by atoms with Crippen molar-refractivity contribution in [1.29, 1.82) is 5.41 Å². The van der Waals surface area contributed by atoms with E-state index in [0.29, 0.717) is 27.9 Å². The van der Waals surface area contributed by atoms with Crippen LogP contribution in [0.1, 0.15) is 18.2 Å². The molecule has 8 heteroatoms. The maximum Gasteiger partial charge on any atom is 0.330 e. The lowest BCUT2D eigenvalue weighted by molar-refractivity contribution is -0.137. The number of carbonyl (C=O) groups excluding carboxylic acids is 1. The van der Waals surface area contributed by atoms with Crippen LogP contribution in [0.4, 0.5) is 4.39 Å². The molecule has 0 bridgehead atoms. The number of nitrogens with zero attached hydrogens (tertiary/aromatic N) is 1. The summed E-state index contributed by atoms with van der Waals surface area (Å²) >= 11 is 1.24. The number of hydrogen-bond acceptors (Lipinski definition) is 6. The number of halogens is 1. The number of thioether (sulfide) groups is 1. The Morgan fingerprint density at radius 2 is 2.21 bits per heavy atom. The first-order valence-corrected chi connectivity index (χ1v) is 9.67. The van der Waals surface area contributed by atoms with Crippen molar-refractivity contribution < 1.29 is 18.7 Å². The maximum atomic E-state index is 14.8. The average molecular weight is 399 g/mol. The van der Waals surface area contributed by atoms with Crippen molar-refractivity contribution in [2.24, 2.45) is 0 Å². The highest BCUT2D eigenvalue weighted by atomic mass is 32.2. The van der Waals surface area contributed by atoms with Gasteiger partial charge < -0.3 is 14.5 Å². The molecule has 0 aliphatic carbocycles. The Kier molecular flexibility index (Phi) is 6.10. The van der Waals surface area contributed by atoms with Crippen LogP contribution >= 0.6 is 11.8 Å². The predicted molar refractivity (Wildman–Crippen MR) is 109 cm³/mol. The SMILES string of the molecule is CCOC(=O)/C=C/c1c(Oc2ccnc(C(=N)SC)c2)c(F)cc2[nH]ccc12. The van der Waals surface area contributed by atoms with E-state index in [1.165, 1.54) is 36.2 Å². The Morgan fingerprint density at radius 3 is 2.96 bits per heavy atom. The van der Waals surface area contributed by atoms with E-state index in [1.807, 2.05) is 0 Å². The van der Waals surface area contributed by atoms with Gasteiger partial charge in [0.05, 0.1) is 12.3 Å². The zero-order valence-corrected chi connectivity index (χ0v) is 16.1. The molecular weight excluding hydrogens is 381 g/mol. The van der Waals surface area contributed by atoms with Crippen LogP contribution in [0.3, 0.4) is 0 Å². The van der Waals surface area contributed by atoms with Gasteiger partial charge in [-0.2, -0.15) is 0 Å². The molecule has 3 rings (SSSR count). The van der Waals surface area contributed by atoms with Gasteiger partial charge in [0.1, 0.15) is 10.8 Å². The number of ether oxygens (including phenoxy) is 2. The van der Waals surface area contributed by atoms with E-state index in [9.17, 15) is 9.18 Å². The van der Waals surface area contributed by atoms with Gasteiger partial charge in [0.25, 0.3) is 0 Å². The van der Waals surface area contributed by atoms with E-state index in [4.69, 9.17) is 14.9 Å². The molecule has 0 saturated carbocycles. The maximum absolute atomic E-state index is 14.8. The first kappa shape index (κ1) is 19.6. The number of fused-ring (bicyclic) bond motifs is 1. The first-order chi connectivity index (χ1) is 13.5. The van der Waals surface area contributed by atoms with Gasteiger partial charge >= 0.3 is 5.97 Å². The summed E-state index contributed by atoms with van der Waals surface area (Å²) in [5, 5.41) is 8.85. The number of rotatable bonds is 6. The monoisotopic (exact) mass is 399 g/mol. The smallest absolute Gasteiger partial charge is 0.330 e. The summed E-state index contributed by atoms with van der Waals surface area (Å²) in [6.07, 6.45) is 7.66. The van der Waals surface area contributed by atoms with Gasteiger partial charge in [-0.25, -0.2) is 9.18 Å². The molecule has 144 valence electrons. The summed E-state index contributed by atoms with van der Waals surface area (Å²) in [4.78, 5) is 18.8. The number of benzene rings is 1. The van der Waals surface area contributed by atoms with E-state index in [-0.39, 0.29) is 17.4 Å². The van der Waals surface area contributed by atoms with Crippen LogP contribution in [-0.2, 0) is 9.53 Å². The Hall–Kier alpha value is -3.13. The number of nitrogens with one attached hydrogen (secondary N) is 2. The molecule has 0 atom stereocenters. The van der Waals surface area contributed by atoms with Crippen molar-refractivity contribution >= 4 is 39.8 Å². The van der Waals surface area contributed by atoms with Crippen molar-refractivity contribution in [3.8, 4) is 11.5 Å². The number of hydrogen-bond donors (Lipinski definition) is 2. The standard InChI is InChI=1S/C20H18FN3O3S/c1-3-26-18(25)5-4-14-13-7-9-23-16(13)11-15(21)19(14)27-12-6-8-24-17(10-12)20(22)28-2/h4-11,22-23H,3H2,1-2H3/b5-4+,22-20?. The minimum absolute atomic E-state index is 0.0273. The second-order valence-electron chi connectivity index (χ2n) is 5.64. The number of aromatic amines is 1. The molecule has 2 heterocycles. The van der Waals surface area contributed by atoms with Gasteiger partial charge in [0, 0.05) is 47.1 Å². The molecule has 0 fully saturated rings. The van der Waals surface area contributed by atoms with Gasteiger partial charge in [0.15, 0.2) is 11.6 Å². The van der Waals surface area contributed by atoms with Crippen LogP contribution in [0.2, 0.25) is 0 Å². The topological polar surface area (TPSA) is 88.1 Å². The molecular formula is C20H18FN3O3S. The minimum Gasteiger partial charge on any atom is -0.463 e. The summed E-state index contributed by atoms with van der Waals surface area (Å²) in [5.41, 5.74) is 1.41. The Labute approximate surface area is 165 Å². The summed E-state index contributed by atoms with van der Waals surface area (Å²) in [7, 11) is 0. The number of carbonyl (C=O) groups is 1. The van der Waals surface area contributed by atoms with Crippen LogP contribution in [0.15, 0.2) is 42.7 Å². The van der Waals surface area contributed by atoms with Gasteiger partial charge in [-0.05, 0) is 31.4 Å².